The number of allylic oxidation sites excluding steroid dienone is 2. The summed E-state index contributed by atoms with van der Waals surface area (Å²) in [5.74, 6) is -3.21. The Morgan fingerprint density at radius 1 is 0.833 bits per heavy atom. The second-order valence-electron chi connectivity index (χ2n) is 5.41. The van der Waals surface area contributed by atoms with Crippen molar-refractivity contribution in [2.24, 2.45) is 0 Å². The Morgan fingerprint density at radius 2 is 1.50 bits per heavy atom. The molecule has 0 amide bonds. The van der Waals surface area contributed by atoms with Gasteiger partial charge in [0.25, 0.3) is 0 Å². The zero-order chi connectivity index (χ0) is 17.6. The number of aryl methyl sites for hydroxylation is 1. The van der Waals surface area contributed by atoms with Gasteiger partial charge in [-0.15, -0.1) is 0 Å². The maximum absolute atomic E-state index is 13.5. The summed E-state index contributed by atoms with van der Waals surface area (Å²) in [5.41, 5.74) is -2.57. The highest BCUT2D eigenvalue weighted by molar-refractivity contribution is 6.41. The lowest BCUT2D eigenvalue weighted by atomic mass is 9.80. The van der Waals surface area contributed by atoms with E-state index >= 15 is 0 Å². The first kappa shape index (κ1) is 16.1. The van der Waals surface area contributed by atoms with Crippen molar-refractivity contribution in [2.45, 2.75) is 13.1 Å². The van der Waals surface area contributed by atoms with E-state index in [2.05, 4.69) is 0 Å². The summed E-state index contributed by atoms with van der Waals surface area (Å²) < 4.78 is 53.8. The zero-order valence-electron chi connectivity index (χ0n) is 12.4. The Hall–Kier alpha value is -2.76. The number of halogens is 4. The summed E-state index contributed by atoms with van der Waals surface area (Å²) in [7, 11) is 0. The Kier molecular flexibility index (Phi) is 3.63. The van der Waals surface area contributed by atoms with Gasteiger partial charge >= 0.3 is 6.18 Å². The Morgan fingerprint density at radius 3 is 2.12 bits per heavy atom. The van der Waals surface area contributed by atoms with E-state index in [4.69, 9.17) is 0 Å². The summed E-state index contributed by atoms with van der Waals surface area (Å²) in [4.78, 5) is 25.0. The van der Waals surface area contributed by atoms with Crippen LogP contribution in [0.2, 0.25) is 0 Å². The Balaban J connectivity index is 2.38. The third kappa shape index (κ3) is 2.44. The van der Waals surface area contributed by atoms with E-state index in [9.17, 15) is 27.2 Å². The number of fused-ring (bicyclic) bond motifs is 1. The van der Waals surface area contributed by atoms with E-state index in [-0.39, 0.29) is 11.1 Å². The molecule has 24 heavy (non-hydrogen) atoms. The van der Waals surface area contributed by atoms with Crippen LogP contribution in [-0.2, 0) is 0 Å². The number of alkyl halides is 3. The minimum Gasteiger partial charge on any atom is -0.289 e. The molecular formula is C18H10F4O2. The van der Waals surface area contributed by atoms with Gasteiger partial charge in [-0.1, -0.05) is 24.3 Å². The topological polar surface area (TPSA) is 34.1 Å². The predicted octanol–water partition coefficient (Wildman–Crippen LogP) is 4.53. The fourth-order valence-corrected chi connectivity index (χ4v) is 2.78. The predicted molar refractivity (Wildman–Crippen MR) is 79.2 cm³/mol. The first-order chi connectivity index (χ1) is 11.2. The van der Waals surface area contributed by atoms with Gasteiger partial charge in [-0.2, -0.15) is 13.2 Å². The molecule has 0 fully saturated rings. The smallest absolute Gasteiger partial charge is 0.289 e. The van der Waals surface area contributed by atoms with E-state index in [0.29, 0.717) is 11.6 Å². The average Bonchev–Trinajstić information content (AvgIpc) is 2.50. The van der Waals surface area contributed by atoms with Gasteiger partial charge in [-0.25, -0.2) is 4.39 Å². The van der Waals surface area contributed by atoms with Crippen molar-refractivity contribution in [3.8, 4) is 0 Å². The van der Waals surface area contributed by atoms with Crippen LogP contribution in [0.3, 0.4) is 0 Å². The average molecular weight is 334 g/mol. The van der Waals surface area contributed by atoms with Crippen LogP contribution in [0.15, 0.2) is 48.0 Å². The molecule has 0 atom stereocenters. The molecule has 2 aromatic carbocycles. The largest absolute Gasteiger partial charge is 0.420 e. The van der Waals surface area contributed by atoms with Crippen LogP contribution in [-0.4, -0.2) is 17.7 Å². The highest BCUT2D eigenvalue weighted by Gasteiger charge is 2.47. The van der Waals surface area contributed by atoms with Crippen LogP contribution in [0.5, 0.6) is 0 Å². The fourth-order valence-electron chi connectivity index (χ4n) is 2.78. The second-order valence-corrected chi connectivity index (χ2v) is 5.41. The van der Waals surface area contributed by atoms with Gasteiger partial charge in [0.15, 0.2) is 11.6 Å². The van der Waals surface area contributed by atoms with Crippen molar-refractivity contribution in [3.63, 3.8) is 0 Å². The number of ketones is 2. The third-order valence-electron chi connectivity index (χ3n) is 3.87. The van der Waals surface area contributed by atoms with Gasteiger partial charge in [0, 0.05) is 16.7 Å². The number of rotatable bonds is 1. The lowest BCUT2D eigenvalue weighted by Crippen LogP contribution is -2.30. The zero-order valence-corrected chi connectivity index (χ0v) is 12.4. The number of hydrogen-bond donors (Lipinski definition) is 0. The third-order valence-corrected chi connectivity index (χ3v) is 3.87. The number of Topliss-reactive ketones (excluding diaryl/α,β-unsaturated/α-hetero) is 2. The number of carbonyl (C=O) groups is 2. The number of hydrogen-bond acceptors (Lipinski definition) is 2. The molecule has 0 bridgehead atoms. The van der Waals surface area contributed by atoms with E-state index in [1.165, 1.54) is 12.1 Å². The molecule has 0 unspecified atom stereocenters. The molecule has 0 spiro atoms. The molecule has 0 heterocycles. The molecule has 1 aliphatic rings. The molecule has 2 aromatic rings. The SMILES string of the molecule is Cc1ccccc1C1=C(C(F)(F)F)C(=O)c2cc(F)ccc2C1=O. The first-order valence-corrected chi connectivity index (χ1v) is 6.98. The van der Waals surface area contributed by atoms with Crippen molar-refractivity contribution < 1.29 is 27.2 Å². The molecule has 0 aromatic heterocycles. The Labute approximate surface area is 134 Å². The monoisotopic (exact) mass is 334 g/mol. The Bertz CT molecular complexity index is 907. The maximum atomic E-state index is 13.5. The molecule has 1 aliphatic carbocycles. The molecule has 0 N–H and O–H groups in total. The van der Waals surface area contributed by atoms with Gasteiger partial charge in [-0.3, -0.25) is 9.59 Å². The molecule has 0 radical (unpaired) electrons. The molecule has 122 valence electrons. The summed E-state index contributed by atoms with van der Waals surface area (Å²) in [6, 6.07) is 8.65. The second kappa shape index (κ2) is 5.40. The van der Waals surface area contributed by atoms with Crippen molar-refractivity contribution in [3.05, 3.63) is 76.1 Å². The molecule has 0 aliphatic heterocycles. The fraction of sp³-hybridized carbons (Fsp3) is 0.111. The molecule has 0 saturated heterocycles. The number of benzene rings is 2. The summed E-state index contributed by atoms with van der Waals surface area (Å²) in [6.45, 7) is 1.55. The molecule has 2 nitrogen and oxygen atoms in total. The number of carbonyl (C=O) groups excluding carboxylic acids is 2. The van der Waals surface area contributed by atoms with Crippen molar-refractivity contribution >= 4 is 17.1 Å². The molecular weight excluding hydrogens is 324 g/mol. The summed E-state index contributed by atoms with van der Waals surface area (Å²) in [6.07, 6.45) is -5.03. The summed E-state index contributed by atoms with van der Waals surface area (Å²) >= 11 is 0. The van der Waals surface area contributed by atoms with E-state index in [1.807, 2.05) is 0 Å². The van der Waals surface area contributed by atoms with E-state index in [1.54, 1.807) is 19.1 Å². The lowest BCUT2D eigenvalue weighted by molar-refractivity contribution is -0.0883. The lowest BCUT2D eigenvalue weighted by Gasteiger charge is -2.23. The maximum Gasteiger partial charge on any atom is 0.420 e. The van der Waals surface area contributed by atoms with Gasteiger partial charge in [0.1, 0.15) is 11.4 Å². The van der Waals surface area contributed by atoms with E-state index in [0.717, 1.165) is 12.1 Å². The van der Waals surface area contributed by atoms with Crippen LogP contribution in [0.1, 0.15) is 31.8 Å². The minimum absolute atomic E-state index is 0.0400. The van der Waals surface area contributed by atoms with E-state index < -0.39 is 40.3 Å². The first-order valence-electron chi connectivity index (χ1n) is 6.98. The van der Waals surface area contributed by atoms with Gasteiger partial charge in [0.2, 0.25) is 0 Å². The highest BCUT2D eigenvalue weighted by atomic mass is 19.4. The van der Waals surface area contributed by atoms with Crippen LogP contribution in [0.4, 0.5) is 17.6 Å². The van der Waals surface area contributed by atoms with Gasteiger partial charge < -0.3 is 0 Å². The molecule has 6 heteroatoms. The summed E-state index contributed by atoms with van der Waals surface area (Å²) in [5, 5.41) is 0. The van der Waals surface area contributed by atoms with Crippen LogP contribution >= 0.6 is 0 Å². The normalized spacial score (nSPS) is 14.9. The van der Waals surface area contributed by atoms with Crippen LogP contribution in [0, 0.1) is 12.7 Å². The van der Waals surface area contributed by atoms with Crippen LogP contribution in [0.25, 0.3) is 5.57 Å². The quantitative estimate of drug-likeness (QED) is 0.718. The highest BCUT2D eigenvalue weighted by Crippen LogP contribution is 2.41. The van der Waals surface area contributed by atoms with Crippen molar-refractivity contribution in [2.75, 3.05) is 0 Å². The minimum atomic E-state index is -5.03. The van der Waals surface area contributed by atoms with Crippen LogP contribution < -0.4 is 0 Å². The molecule has 3 rings (SSSR count). The van der Waals surface area contributed by atoms with Gasteiger partial charge in [-0.05, 0) is 36.2 Å². The van der Waals surface area contributed by atoms with Gasteiger partial charge in [0.05, 0.1) is 0 Å². The molecule has 0 saturated carbocycles. The standard InChI is InChI=1S/C18H10F4O2/c1-9-4-2-3-5-11(9)14-15(18(20,21)22)17(24)13-8-10(19)6-7-12(13)16(14)23/h2-8H,1H3. The van der Waals surface area contributed by atoms with Crippen molar-refractivity contribution in [1.29, 1.82) is 0 Å². The van der Waals surface area contributed by atoms with Crippen molar-refractivity contribution in [1.82, 2.24) is 0 Å².